The molecule has 0 saturated carbocycles. The summed E-state index contributed by atoms with van der Waals surface area (Å²) in [6, 6.07) is 4.42. The number of nitrogens with one attached hydrogen (secondary N) is 1. The number of nitrogens with zero attached hydrogens (tertiary/aromatic N) is 1. The average Bonchev–Trinajstić information content (AvgIpc) is 2.64. The molecule has 0 atom stereocenters. The van der Waals surface area contributed by atoms with Crippen molar-refractivity contribution in [1.29, 1.82) is 0 Å². The van der Waals surface area contributed by atoms with Gasteiger partial charge in [0.05, 0.1) is 5.69 Å². The first-order valence-corrected chi connectivity index (χ1v) is 4.76. The smallest absolute Gasteiger partial charge is 0.322 e. The number of carbonyl (C=O) groups excluding carboxylic acids is 1. The first kappa shape index (κ1) is 9.92. The third-order valence-electron chi connectivity index (χ3n) is 2.40. The van der Waals surface area contributed by atoms with Crippen LogP contribution in [0.1, 0.15) is 5.56 Å². The second-order valence-corrected chi connectivity index (χ2v) is 3.37. The van der Waals surface area contributed by atoms with E-state index in [2.05, 4.69) is 5.32 Å². The molecule has 5 heteroatoms. The van der Waals surface area contributed by atoms with Crippen LogP contribution in [0.4, 0.5) is 14.9 Å². The summed E-state index contributed by atoms with van der Waals surface area (Å²) in [4.78, 5) is 12.7. The van der Waals surface area contributed by atoms with Crippen molar-refractivity contribution in [1.82, 2.24) is 5.32 Å². The zero-order chi connectivity index (χ0) is 10.8. The first-order chi connectivity index (χ1) is 7.22. The largest absolute Gasteiger partial charge is 0.336 e. The quantitative estimate of drug-likeness (QED) is 0.757. The maximum Gasteiger partial charge on any atom is 0.322 e. The minimum absolute atomic E-state index is 0.255. The molecule has 0 radical (unpaired) electrons. The Morgan fingerprint density at radius 2 is 2.33 bits per heavy atom. The summed E-state index contributed by atoms with van der Waals surface area (Å²) >= 11 is 0. The lowest BCUT2D eigenvalue weighted by atomic mass is 10.2. The van der Waals surface area contributed by atoms with Crippen LogP contribution in [-0.4, -0.2) is 19.1 Å². The van der Waals surface area contributed by atoms with Crippen LogP contribution in [0.15, 0.2) is 18.2 Å². The monoisotopic (exact) mass is 209 g/mol. The van der Waals surface area contributed by atoms with Gasteiger partial charge in [0.25, 0.3) is 0 Å². The van der Waals surface area contributed by atoms with Crippen LogP contribution in [0, 0.1) is 5.82 Å². The molecule has 80 valence electrons. The van der Waals surface area contributed by atoms with Crippen LogP contribution in [0.2, 0.25) is 0 Å². The summed E-state index contributed by atoms with van der Waals surface area (Å²) in [7, 11) is 0. The number of hydrogen-bond acceptors (Lipinski definition) is 2. The lowest BCUT2D eigenvalue weighted by molar-refractivity contribution is 0.252. The van der Waals surface area contributed by atoms with Crippen molar-refractivity contribution in [3.8, 4) is 0 Å². The molecular formula is C10H12FN3O. The van der Waals surface area contributed by atoms with Crippen molar-refractivity contribution in [3.63, 3.8) is 0 Å². The first-order valence-electron chi connectivity index (χ1n) is 4.76. The van der Waals surface area contributed by atoms with E-state index in [1.54, 1.807) is 12.1 Å². The zero-order valence-corrected chi connectivity index (χ0v) is 8.16. The van der Waals surface area contributed by atoms with E-state index in [4.69, 9.17) is 5.73 Å². The van der Waals surface area contributed by atoms with E-state index in [1.807, 2.05) is 0 Å². The molecule has 1 aliphatic heterocycles. The number of anilines is 1. The lowest BCUT2D eigenvalue weighted by Crippen LogP contribution is -2.28. The fourth-order valence-corrected chi connectivity index (χ4v) is 1.60. The summed E-state index contributed by atoms with van der Waals surface area (Å²) in [6.07, 6.45) is 0. The van der Waals surface area contributed by atoms with Gasteiger partial charge < -0.3 is 11.1 Å². The fraction of sp³-hybridized carbons (Fsp3) is 0.300. The molecule has 1 fully saturated rings. The lowest BCUT2D eigenvalue weighted by Gasteiger charge is -2.15. The minimum atomic E-state index is -0.407. The Kier molecular flexibility index (Phi) is 2.55. The van der Waals surface area contributed by atoms with Crippen LogP contribution in [-0.2, 0) is 6.54 Å². The predicted molar refractivity (Wildman–Crippen MR) is 55.0 cm³/mol. The third-order valence-corrected chi connectivity index (χ3v) is 2.40. The Morgan fingerprint density at radius 1 is 1.53 bits per heavy atom. The van der Waals surface area contributed by atoms with Crippen LogP contribution in [0.5, 0.6) is 0 Å². The molecule has 1 aromatic carbocycles. The van der Waals surface area contributed by atoms with Gasteiger partial charge in [0.2, 0.25) is 0 Å². The number of nitrogens with two attached hydrogens (primary N) is 1. The van der Waals surface area contributed by atoms with Gasteiger partial charge in [0, 0.05) is 19.6 Å². The van der Waals surface area contributed by atoms with Gasteiger partial charge in [-0.3, -0.25) is 4.90 Å². The summed E-state index contributed by atoms with van der Waals surface area (Å²) in [5, 5.41) is 2.62. The summed E-state index contributed by atoms with van der Waals surface area (Å²) in [5.74, 6) is -0.407. The highest BCUT2D eigenvalue weighted by atomic mass is 19.1. The maximum atomic E-state index is 13.6. The molecule has 1 aromatic rings. The number of benzene rings is 1. The van der Waals surface area contributed by atoms with Crippen molar-refractivity contribution in [3.05, 3.63) is 29.6 Å². The predicted octanol–water partition coefficient (Wildman–Crippen LogP) is 0.814. The van der Waals surface area contributed by atoms with E-state index in [-0.39, 0.29) is 6.03 Å². The van der Waals surface area contributed by atoms with Crippen molar-refractivity contribution in [2.45, 2.75) is 6.54 Å². The molecule has 0 bridgehead atoms. The second-order valence-electron chi connectivity index (χ2n) is 3.37. The van der Waals surface area contributed by atoms with Gasteiger partial charge in [-0.2, -0.15) is 0 Å². The Balaban J connectivity index is 2.32. The molecule has 0 aliphatic carbocycles. The highest BCUT2D eigenvalue weighted by molar-refractivity contribution is 5.94. The van der Waals surface area contributed by atoms with E-state index in [0.29, 0.717) is 25.3 Å². The van der Waals surface area contributed by atoms with Gasteiger partial charge in [-0.15, -0.1) is 0 Å². The van der Waals surface area contributed by atoms with Crippen molar-refractivity contribution in [2.24, 2.45) is 5.73 Å². The number of hydrogen-bond donors (Lipinski definition) is 2. The molecule has 1 saturated heterocycles. The Morgan fingerprint density at radius 3 is 2.87 bits per heavy atom. The Bertz CT molecular complexity index is 394. The minimum Gasteiger partial charge on any atom is -0.336 e. The summed E-state index contributed by atoms with van der Waals surface area (Å²) < 4.78 is 13.6. The van der Waals surface area contributed by atoms with Crippen LogP contribution >= 0.6 is 0 Å². The van der Waals surface area contributed by atoms with E-state index in [0.717, 1.165) is 5.56 Å². The second kappa shape index (κ2) is 3.86. The van der Waals surface area contributed by atoms with E-state index >= 15 is 0 Å². The number of rotatable bonds is 2. The van der Waals surface area contributed by atoms with Gasteiger partial charge in [0.15, 0.2) is 0 Å². The molecule has 1 heterocycles. The highest BCUT2D eigenvalue weighted by Crippen LogP contribution is 2.21. The fourth-order valence-electron chi connectivity index (χ4n) is 1.60. The van der Waals surface area contributed by atoms with E-state index < -0.39 is 5.82 Å². The van der Waals surface area contributed by atoms with Gasteiger partial charge in [-0.1, -0.05) is 6.07 Å². The molecular weight excluding hydrogens is 197 g/mol. The van der Waals surface area contributed by atoms with Gasteiger partial charge >= 0.3 is 6.03 Å². The molecule has 2 rings (SSSR count). The molecule has 0 aromatic heterocycles. The maximum absolute atomic E-state index is 13.6. The number of carbonyl (C=O) groups is 1. The molecule has 0 unspecified atom stereocenters. The molecule has 0 spiro atoms. The van der Waals surface area contributed by atoms with Crippen molar-refractivity contribution in [2.75, 3.05) is 18.0 Å². The topological polar surface area (TPSA) is 58.4 Å². The van der Waals surface area contributed by atoms with Gasteiger partial charge in [-0.05, 0) is 17.7 Å². The van der Waals surface area contributed by atoms with Gasteiger partial charge in [0.1, 0.15) is 5.82 Å². The molecule has 15 heavy (non-hydrogen) atoms. The third kappa shape index (κ3) is 1.78. The van der Waals surface area contributed by atoms with E-state index in [9.17, 15) is 9.18 Å². The molecule has 2 amide bonds. The van der Waals surface area contributed by atoms with Crippen LogP contribution in [0.3, 0.4) is 0 Å². The normalized spacial score (nSPS) is 15.6. The molecule has 1 aliphatic rings. The van der Waals surface area contributed by atoms with Crippen molar-refractivity contribution >= 4 is 11.7 Å². The number of amides is 2. The number of urea groups is 1. The Labute approximate surface area is 86.9 Å². The standard InChI is InChI=1S/C10H12FN3O/c11-8-5-7(6-12)1-2-9(8)14-4-3-13-10(14)15/h1-2,5H,3-4,6,12H2,(H,13,15). The molecule has 3 N–H and O–H groups in total. The molecule has 4 nitrogen and oxygen atoms in total. The highest BCUT2D eigenvalue weighted by Gasteiger charge is 2.23. The van der Waals surface area contributed by atoms with Crippen LogP contribution in [0.25, 0.3) is 0 Å². The Hall–Kier alpha value is -1.62. The number of halogens is 1. The summed E-state index contributed by atoms with van der Waals surface area (Å²) in [6.45, 7) is 1.35. The summed E-state index contributed by atoms with van der Waals surface area (Å²) in [5.41, 5.74) is 6.42. The van der Waals surface area contributed by atoms with Crippen LogP contribution < -0.4 is 16.0 Å². The average molecular weight is 209 g/mol. The zero-order valence-electron chi connectivity index (χ0n) is 8.16. The van der Waals surface area contributed by atoms with E-state index in [1.165, 1.54) is 11.0 Å². The van der Waals surface area contributed by atoms with Crippen molar-refractivity contribution < 1.29 is 9.18 Å². The van der Waals surface area contributed by atoms with Gasteiger partial charge in [-0.25, -0.2) is 9.18 Å². The SMILES string of the molecule is NCc1ccc(N2CCNC2=O)c(F)c1.